The molecule has 2 rings (SSSR count). The number of rotatable bonds is 4. The van der Waals surface area contributed by atoms with Crippen LogP contribution in [0.3, 0.4) is 0 Å². The largest absolute Gasteiger partial charge is 0.346 e. The Hall–Kier alpha value is -1.25. The highest BCUT2D eigenvalue weighted by Gasteiger charge is 2.02. The molecule has 0 radical (unpaired) electrons. The van der Waals surface area contributed by atoms with E-state index in [1.165, 1.54) is 37.4 Å². The highest BCUT2D eigenvalue weighted by atomic mass is 14.8. The van der Waals surface area contributed by atoms with Crippen molar-refractivity contribution in [2.24, 2.45) is 0 Å². The van der Waals surface area contributed by atoms with Crippen molar-refractivity contribution in [3.05, 3.63) is 30.1 Å². The number of nitrogens with zero attached hydrogens (tertiary/aromatic N) is 1. The number of H-pyrrole nitrogens is 1. The number of fused-ring (bicyclic) bond motifs is 1. The summed E-state index contributed by atoms with van der Waals surface area (Å²) in [5, 5.41) is 1.28. The summed E-state index contributed by atoms with van der Waals surface area (Å²) in [6.45, 7) is 2.23. The lowest BCUT2D eigenvalue weighted by molar-refractivity contribution is 0.922. The van der Waals surface area contributed by atoms with Gasteiger partial charge in [0.15, 0.2) is 0 Å². The minimum atomic E-state index is 1.01. The summed E-state index contributed by atoms with van der Waals surface area (Å²) in [7, 11) is 1.28. The van der Waals surface area contributed by atoms with E-state index in [2.05, 4.69) is 29.1 Å². The Kier molecular flexibility index (Phi) is 2.87. The van der Waals surface area contributed by atoms with Gasteiger partial charge in [0, 0.05) is 17.8 Å². The Morgan fingerprint density at radius 1 is 1.50 bits per heavy atom. The molecule has 0 aromatic carbocycles. The number of aromatic amines is 1. The average Bonchev–Trinajstić information content (AvgIpc) is 2.63. The molecule has 1 N–H and O–H groups in total. The van der Waals surface area contributed by atoms with E-state index < -0.39 is 0 Å². The standard InChI is InChI=1S/C11H15BN2/c1-12-6-2-4-9-8-14-11-10(9)5-3-7-13-11/h3,5,7-8,12H,2,4,6H2,1H3,(H,13,14). The van der Waals surface area contributed by atoms with Gasteiger partial charge in [-0.3, -0.25) is 0 Å². The fourth-order valence-electron chi connectivity index (χ4n) is 1.78. The minimum absolute atomic E-state index is 1.01. The first-order valence-electron chi connectivity index (χ1n) is 5.33. The molecule has 14 heavy (non-hydrogen) atoms. The minimum Gasteiger partial charge on any atom is -0.346 e. The van der Waals surface area contributed by atoms with Crippen LogP contribution in [0.5, 0.6) is 0 Å². The van der Waals surface area contributed by atoms with Crippen molar-refractivity contribution >= 4 is 18.3 Å². The van der Waals surface area contributed by atoms with Gasteiger partial charge in [-0.2, -0.15) is 0 Å². The van der Waals surface area contributed by atoms with Crippen LogP contribution in [-0.2, 0) is 6.42 Å². The molecular formula is C11H15BN2. The zero-order chi connectivity index (χ0) is 9.80. The van der Waals surface area contributed by atoms with E-state index in [1.54, 1.807) is 0 Å². The van der Waals surface area contributed by atoms with E-state index in [-0.39, 0.29) is 0 Å². The Balaban J connectivity index is 2.17. The van der Waals surface area contributed by atoms with Crippen molar-refractivity contribution in [3.8, 4) is 0 Å². The van der Waals surface area contributed by atoms with Crippen LogP contribution in [-0.4, -0.2) is 17.2 Å². The van der Waals surface area contributed by atoms with Gasteiger partial charge in [0.05, 0.1) is 0 Å². The molecular weight excluding hydrogens is 171 g/mol. The molecule has 0 fully saturated rings. The second-order valence-electron chi connectivity index (χ2n) is 3.67. The SMILES string of the molecule is CBCCCc1c[nH]c2ncccc12. The summed E-state index contributed by atoms with van der Waals surface area (Å²) in [5.74, 6) is 0. The van der Waals surface area contributed by atoms with Crippen LogP contribution in [0.25, 0.3) is 11.0 Å². The molecule has 3 heteroatoms. The lowest BCUT2D eigenvalue weighted by atomic mass is 9.76. The molecule has 2 heterocycles. The van der Waals surface area contributed by atoms with E-state index in [9.17, 15) is 0 Å². The topological polar surface area (TPSA) is 28.7 Å². The fraction of sp³-hybridized carbons (Fsp3) is 0.364. The first kappa shape index (κ1) is 9.32. The molecule has 0 bridgehead atoms. The fourth-order valence-corrected chi connectivity index (χ4v) is 1.78. The Morgan fingerprint density at radius 2 is 2.43 bits per heavy atom. The predicted octanol–water partition coefficient (Wildman–Crippen LogP) is 2.40. The van der Waals surface area contributed by atoms with Gasteiger partial charge < -0.3 is 4.98 Å². The predicted molar refractivity (Wildman–Crippen MR) is 62.2 cm³/mol. The zero-order valence-corrected chi connectivity index (χ0v) is 8.59. The first-order valence-corrected chi connectivity index (χ1v) is 5.33. The molecule has 0 spiro atoms. The van der Waals surface area contributed by atoms with E-state index in [1.807, 2.05) is 12.3 Å². The van der Waals surface area contributed by atoms with Crippen molar-refractivity contribution < 1.29 is 0 Å². The van der Waals surface area contributed by atoms with Gasteiger partial charge in [0.25, 0.3) is 0 Å². The Bertz CT molecular complexity index is 408. The van der Waals surface area contributed by atoms with E-state index in [0.29, 0.717) is 0 Å². The molecule has 0 atom stereocenters. The summed E-state index contributed by atoms with van der Waals surface area (Å²) in [5.41, 5.74) is 2.42. The zero-order valence-electron chi connectivity index (χ0n) is 8.59. The molecule has 0 unspecified atom stereocenters. The van der Waals surface area contributed by atoms with E-state index in [0.717, 1.165) is 5.65 Å². The molecule has 0 aliphatic carbocycles. The van der Waals surface area contributed by atoms with Crippen molar-refractivity contribution in [1.29, 1.82) is 0 Å². The third-order valence-corrected chi connectivity index (χ3v) is 2.59. The van der Waals surface area contributed by atoms with Crippen LogP contribution in [0.15, 0.2) is 24.5 Å². The van der Waals surface area contributed by atoms with Gasteiger partial charge in [0.2, 0.25) is 0 Å². The van der Waals surface area contributed by atoms with Crippen LogP contribution in [0.1, 0.15) is 12.0 Å². The van der Waals surface area contributed by atoms with Crippen molar-refractivity contribution in [2.45, 2.75) is 26.0 Å². The van der Waals surface area contributed by atoms with Gasteiger partial charge in [-0.05, 0) is 24.1 Å². The molecule has 2 aromatic heterocycles. The first-order chi connectivity index (χ1) is 6.92. The average molecular weight is 186 g/mol. The molecule has 0 amide bonds. The smallest absolute Gasteiger partial charge is 0.137 e. The lowest BCUT2D eigenvalue weighted by Gasteiger charge is -1.96. The second kappa shape index (κ2) is 4.31. The summed E-state index contributed by atoms with van der Waals surface area (Å²) < 4.78 is 0. The second-order valence-corrected chi connectivity index (χ2v) is 3.67. The lowest BCUT2D eigenvalue weighted by Crippen LogP contribution is -1.86. The third-order valence-electron chi connectivity index (χ3n) is 2.59. The molecule has 0 saturated heterocycles. The normalized spacial score (nSPS) is 10.6. The monoisotopic (exact) mass is 186 g/mol. The number of aryl methyl sites for hydroxylation is 1. The van der Waals surface area contributed by atoms with Crippen LogP contribution >= 0.6 is 0 Å². The maximum atomic E-state index is 4.27. The molecule has 0 aliphatic heterocycles. The Morgan fingerprint density at radius 3 is 3.29 bits per heavy atom. The van der Waals surface area contributed by atoms with Crippen molar-refractivity contribution in [1.82, 2.24) is 9.97 Å². The molecule has 72 valence electrons. The summed E-state index contributed by atoms with van der Waals surface area (Å²) in [4.78, 5) is 7.48. The van der Waals surface area contributed by atoms with Crippen LogP contribution < -0.4 is 0 Å². The van der Waals surface area contributed by atoms with Crippen LogP contribution in [0, 0.1) is 0 Å². The van der Waals surface area contributed by atoms with Gasteiger partial charge in [0.1, 0.15) is 12.9 Å². The van der Waals surface area contributed by atoms with Crippen LogP contribution in [0.2, 0.25) is 13.1 Å². The maximum Gasteiger partial charge on any atom is 0.137 e. The third kappa shape index (κ3) is 1.81. The number of hydrogen-bond donors (Lipinski definition) is 1. The summed E-state index contributed by atoms with van der Waals surface area (Å²) >= 11 is 0. The number of nitrogens with one attached hydrogen (secondary N) is 1. The molecule has 2 nitrogen and oxygen atoms in total. The van der Waals surface area contributed by atoms with Crippen molar-refractivity contribution in [3.63, 3.8) is 0 Å². The number of pyridine rings is 1. The Labute approximate surface area is 85.0 Å². The number of aromatic nitrogens is 2. The highest BCUT2D eigenvalue weighted by molar-refractivity contribution is 6.33. The molecule has 0 saturated carbocycles. The summed E-state index contributed by atoms with van der Waals surface area (Å²) in [6, 6.07) is 4.14. The highest BCUT2D eigenvalue weighted by Crippen LogP contribution is 2.17. The van der Waals surface area contributed by atoms with E-state index in [4.69, 9.17) is 0 Å². The molecule has 0 aliphatic rings. The number of hydrogen-bond acceptors (Lipinski definition) is 1. The van der Waals surface area contributed by atoms with Gasteiger partial charge in [-0.15, -0.1) is 0 Å². The molecule has 2 aromatic rings. The van der Waals surface area contributed by atoms with E-state index >= 15 is 0 Å². The van der Waals surface area contributed by atoms with Gasteiger partial charge >= 0.3 is 0 Å². The summed E-state index contributed by atoms with van der Waals surface area (Å²) in [6.07, 6.45) is 7.67. The van der Waals surface area contributed by atoms with Crippen LogP contribution in [0.4, 0.5) is 0 Å². The van der Waals surface area contributed by atoms with Gasteiger partial charge in [-0.1, -0.05) is 19.6 Å². The van der Waals surface area contributed by atoms with Gasteiger partial charge in [-0.25, -0.2) is 4.98 Å². The van der Waals surface area contributed by atoms with Crippen molar-refractivity contribution in [2.75, 3.05) is 0 Å². The maximum absolute atomic E-state index is 4.27. The quantitative estimate of drug-likeness (QED) is 0.576.